The lowest BCUT2D eigenvalue weighted by Crippen LogP contribution is -1.79. The maximum absolute atomic E-state index is 8.59. The predicted octanol–water partition coefficient (Wildman–Crippen LogP) is 5.01. The molecule has 0 aromatic rings. The number of allylic oxidation sites excluding steroid dienone is 4. The first-order valence-corrected chi connectivity index (χ1v) is 7.34. The van der Waals surface area contributed by atoms with Gasteiger partial charge < -0.3 is 5.11 Å². The number of hydrogen-bond acceptors (Lipinski definition) is 1. The Morgan fingerprint density at radius 3 is 1.82 bits per heavy atom. The van der Waals surface area contributed by atoms with Gasteiger partial charge in [0.15, 0.2) is 0 Å². The van der Waals surface area contributed by atoms with Crippen molar-refractivity contribution in [2.45, 2.75) is 71.1 Å². The number of aliphatic hydroxyl groups excluding tert-OH is 1. The Hall–Kier alpha value is -0.560. The molecule has 1 N–H and O–H groups in total. The molecule has 1 heteroatoms. The largest absolute Gasteiger partial charge is 0.396 e. The van der Waals surface area contributed by atoms with E-state index in [0.29, 0.717) is 6.61 Å². The minimum Gasteiger partial charge on any atom is -0.396 e. The average Bonchev–Trinajstić information content (AvgIpc) is 2.35. The van der Waals surface area contributed by atoms with Crippen molar-refractivity contribution in [3.8, 4) is 0 Å². The fourth-order valence-electron chi connectivity index (χ4n) is 1.78. The van der Waals surface area contributed by atoms with Gasteiger partial charge in [-0.05, 0) is 25.7 Å². The minimum atomic E-state index is 0.298. The third-order valence-electron chi connectivity index (χ3n) is 2.89. The van der Waals surface area contributed by atoms with Gasteiger partial charge in [0.1, 0.15) is 0 Å². The zero-order chi connectivity index (χ0) is 12.6. The smallest absolute Gasteiger partial charge is 0.0433 e. The Morgan fingerprint density at radius 1 is 0.706 bits per heavy atom. The van der Waals surface area contributed by atoms with Crippen molar-refractivity contribution in [2.24, 2.45) is 0 Å². The molecule has 0 saturated carbocycles. The van der Waals surface area contributed by atoms with Gasteiger partial charge in [-0.25, -0.2) is 0 Å². The highest BCUT2D eigenvalue weighted by Gasteiger charge is 1.88. The summed E-state index contributed by atoms with van der Waals surface area (Å²) in [6, 6.07) is 0. The van der Waals surface area contributed by atoms with Gasteiger partial charge in [0, 0.05) is 6.61 Å². The van der Waals surface area contributed by atoms with Gasteiger partial charge in [-0.15, -0.1) is 0 Å². The van der Waals surface area contributed by atoms with E-state index in [4.69, 9.17) is 5.11 Å². The molecule has 0 heterocycles. The predicted molar refractivity (Wildman–Crippen MR) is 77.2 cm³/mol. The van der Waals surface area contributed by atoms with Crippen molar-refractivity contribution in [2.75, 3.05) is 6.61 Å². The van der Waals surface area contributed by atoms with Crippen LogP contribution in [-0.4, -0.2) is 11.7 Å². The summed E-state index contributed by atoms with van der Waals surface area (Å²) in [5.41, 5.74) is 0. The van der Waals surface area contributed by atoms with E-state index in [2.05, 4.69) is 31.2 Å². The van der Waals surface area contributed by atoms with Crippen LogP contribution in [0.5, 0.6) is 0 Å². The molecule has 1 nitrogen and oxygen atoms in total. The highest BCUT2D eigenvalue weighted by Crippen LogP contribution is 2.08. The summed E-state index contributed by atoms with van der Waals surface area (Å²) in [5, 5.41) is 8.59. The second-order valence-corrected chi connectivity index (χ2v) is 4.63. The van der Waals surface area contributed by atoms with Crippen LogP contribution >= 0.6 is 0 Å². The first-order valence-electron chi connectivity index (χ1n) is 7.34. The van der Waals surface area contributed by atoms with Crippen LogP contribution in [-0.2, 0) is 0 Å². The SMILES string of the molecule is CCCCCCCCC/C=C/C=C\CCCO. The van der Waals surface area contributed by atoms with Crippen LogP contribution in [0, 0.1) is 0 Å². The van der Waals surface area contributed by atoms with Crippen LogP contribution in [0.1, 0.15) is 71.1 Å². The second kappa shape index (κ2) is 15.4. The van der Waals surface area contributed by atoms with Gasteiger partial charge in [-0.1, -0.05) is 69.8 Å². The van der Waals surface area contributed by atoms with Gasteiger partial charge in [-0.3, -0.25) is 0 Å². The first-order chi connectivity index (χ1) is 8.41. The third-order valence-corrected chi connectivity index (χ3v) is 2.89. The number of rotatable bonds is 12. The van der Waals surface area contributed by atoms with E-state index >= 15 is 0 Å². The molecule has 0 aliphatic heterocycles. The van der Waals surface area contributed by atoms with Crippen LogP contribution < -0.4 is 0 Å². The third kappa shape index (κ3) is 15.4. The summed E-state index contributed by atoms with van der Waals surface area (Å²) in [6.45, 7) is 2.56. The maximum Gasteiger partial charge on any atom is 0.0433 e. The molecule has 0 fully saturated rings. The normalized spacial score (nSPS) is 11.9. The van der Waals surface area contributed by atoms with Crippen LogP contribution in [0.25, 0.3) is 0 Å². The van der Waals surface area contributed by atoms with Crippen molar-refractivity contribution >= 4 is 0 Å². The molecule has 0 radical (unpaired) electrons. The summed E-state index contributed by atoms with van der Waals surface area (Å²) < 4.78 is 0. The van der Waals surface area contributed by atoms with E-state index in [-0.39, 0.29) is 0 Å². The van der Waals surface area contributed by atoms with Crippen LogP contribution in [0.4, 0.5) is 0 Å². The zero-order valence-electron chi connectivity index (χ0n) is 11.5. The van der Waals surface area contributed by atoms with E-state index in [1.54, 1.807) is 0 Å². The highest BCUT2D eigenvalue weighted by molar-refractivity contribution is 5.02. The molecule has 100 valence electrons. The minimum absolute atomic E-state index is 0.298. The Kier molecular flexibility index (Phi) is 14.9. The second-order valence-electron chi connectivity index (χ2n) is 4.63. The Balaban J connectivity index is 3.11. The fourth-order valence-corrected chi connectivity index (χ4v) is 1.78. The van der Waals surface area contributed by atoms with Gasteiger partial charge in [0.05, 0.1) is 0 Å². The van der Waals surface area contributed by atoms with Crippen molar-refractivity contribution in [1.29, 1.82) is 0 Å². The molecule has 0 aliphatic carbocycles. The first kappa shape index (κ1) is 16.4. The lowest BCUT2D eigenvalue weighted by Gasteiger charge is -1.98. The summed E-state index contributed by atoms with van der Waals surface area (Å²) >= 11 is 0. The van der Waals surface area contributed by atoms with Crippen molar-refractivity contribution in [3.63, 3.8) is 0 Å². The van der Waals surface area contributed by atoms with Crippen LogP contribution in [0.15, 0.2) is 24.3 Å². The topological polar surface area (TPSA) is 20.2 Å². The molecular formula is C16H30O. The number of hydrogen-bond donors (Lipinski definition) is 1. The van der Waals surface area contributed by atoms with Gasteiger partial charge in [0.25, 0.3) is 0 Å². The summed E-state index contributed by atoms with van der Waals surface area (Å²) in [5.74, 6) is 0. The molecular weight excluding hydrogens is 208 g/mol. The summed E-state index contributed by atoms with van der Waals surface area (Å²) in [7, 11) is 0. The molecule has 0 bridgehead atoms. The molecule has 0 spiro atoms. The average molecular weight is 238 g/mol. The molecule has 0 aromatic carbocycles. The standard InChI is InChI=1S/C16H30O/c1-2-3-4-5-6-7-8-9-10-11-12-13-14-15-16-17/h10-13,17H,2-9,14-16H2,1H3/b11-10+,13-12-. The molecule has 0 saturated heterocycles. The monoisotopic (exact) mass is 238 g/mol. The van der Waals surface area contributed by atoms with Crippen LogP contribution in [0.3, 0.4) is 0 Å². The molecule has 0 rings (SSSR count). The van der Waals surface area contributed by atoms with E-state index < -0.39 is 0 Å². The number of aliphatic hydroxyl groups is 1. The van der Waals surface area contributed by atoms with Gasteiger partial charge >= 0.3 is 0 Å². The van der Waals surface area contributed by atoms with Gasteiger partial charge in [0.2, 0.25) is 0 Å². The van der Waals surface area contributed by atoms with E-state index in [0.717, 1.165) is 12.8 Å². The molecule has 0 amide bonds. The summed E-state index contributed by atoms with van der Waals surface area (Å²) in [4.78, 5) is 0. The van der Waals surface area contributed by atoms with E-state index in [1.165, 1.54) is 51.4 Å². The lowest BCUT2D eigenvalue weighted by atomic mass is 10.1. The summed E-state index contributed by atoms with van der Waals surface area (Å²) in [6.07, 6.45) is 21.3. The lowest BCUT2D eigenvalue weighted by molar-refractivity contribution is 0.289. The Labute approximate surface area is 108 Å². The van der Waals surface area contributed by atoms with Crippen molar-refractivity contribution in [1.82, 2.24) is 0 Å². The van der Waals surface area contributed by atoms with E-state index in [9.17, 15) is 0 Å². The molecule has 0 aliphatic rings. The molecule has 0 unspecified atom stereocenters. The zero-order valence-corrected chi connectivity index (χ0v) is 11.5. The van der Waals surface area contributed by atoms with Crippen molar-refractivity contribution in [3.05, 3.63) is 24.3 Å². The fraction of sp³-hybridized carbons (Fsp3) is 0.750. The van der Waals surface area contributed by atoms with Crippen molar-refractivity contribution < 1.29 is 5.11 Å². The maximum atomic E-state index is 8.59. The highest BCUT2D eigenvalue weighted by atomic mass is 16.2. The molecule has 17 heavy (non-hydrogen) atoms. The van der Waals surface area contributed by atoms with Gasteiger partial charge in [-0.2, -0.15) is 0 Å². The number of unbranched alkanes of at least 4 members (excludes halogenated alkanes) is 8. The Morgan fingerprint density at radius 2 is 1.24 bits per heavy atom. The quantitative estimate of drug-likeness (QED) is 0.374. The molecule has 0 atom stereocenters. The molecule has 0 aromatic heterocycles. The van der Waals surface area contributed by atoms with Crippen LogP contribution in [0.2, 0.25) is 0 Å². The Bertz CT molecular complexity index is 182. The van der Waals surface area contributed by atoms with E-state index in [1.807, 2.05) is 0 Å².